The Morgan fingerprint density at radius 3 is 2.71 bits per heavy atom. The number of likely N-dealkylation sites (tertiary alicyclic amines) is 1. The molecule has 2 unspecified atom stereocenters. The number of aliphatic carboxylic acids is 1. The summed E-state index contributed by atoms with van der Waals surface area (Å²) in [5, 5.41) is 9.01. The summed E-state index contributed by atoms with van der Waals surface area (Å²) in [5.41, 5.74) is 2.38. The lowest BCUT2D eigenvalue weighted by atomic mass is 9.66. The van der Waals surface area contributed by atoms with E-state index in [2.05, 4.69) is 11.0 Å². The lowest BCUT2D eigenvalue weighted by molar-refractivity contribution is -0.140. The van der Waals surface area contributed by atoms with Gasteiger partial charge in [0.25, 0.3) is 0 Å². The smallest absolute Gasteiger partial charge is 0.312 e. The van der Waals surface area contributed by atoms with Crippen LogP contribution in [0.25, 0.3) is 0 Å². The molecule has 1 saturated heterocycles. The summed E-state index contributed by atoms with van der Waals surface area (Å²) < 4.78 is 0. The van der Waals surface area contributed by atoms with Crippen LogP contribution in [0.4, 0.5) is 0 Å². The summed E-state index contributed by atoms with van der Waals surface area (Å²) in [4.78, 5) is 27.4. The van der Waals surface area contributed by atoms with Crippen molar-refractivity contribution in [3.63, 3.8) is 0 Å². The Kier molecular flexibility index (Phi) is 5.91. The molecule has 0 aromatic carbocycles. The molecule has 0 aromatic rings. The normalized spacial score (nSPS) is 28.7. The van der Waals surface area contributed by atoms with Gasteiger partial charge in [0, 0.05) is 25.2 Å². The quantitative estimate of drug-likeness (QED) is 0.507. The van der Waals surface area contributed by atoms with Crippen LogP contribution in [0.1, 0.15) is 70.6 Å². The summed E-state index contributed by atoms with van der Waals surface area (Å²) >= 11 is 0. The molecular weight excluding hydrogens is 352 g/mol. The van der Waals surface area contributed by atoms with Gasteiger partial charge in [-0.3, -0.25) is 14.5 Å². The highest BCUT2D eigenvalue weighted by Gasteiger charge is 2.42. The molecule has 4 aliphatic rings. The molecule has 1 N–H and O–H groups in total. The average Bonchev–Trinajstić information content (AvgIpc) is 3.38. The van der Waals surface area contributed by atoms with Crippen molar-refractivity contribution in [3.8, 4) is 0 Å². The van der Waals surface area contributed by atoms with E-state index in [1.165, 1.54) is 51.5 Å². The minimum Gasteiger partial charge on any atom is -0.481 e. The standard InChI is InChI=1S/C23H34N2O3/c26-21(25-15-9-19(17-25)22(27)28)7-2-1-3-13-24-14-4-6-20(24)18-8-12-23(16-18)10-5-11-23/h8-9,15,19-20H,1-7,10-14,16-17H2,(H,27,28). The Bertz CT molecular complexity index is 665. The van der Waals surface area contributed by atoms with E-state index in [0.29, 0.717) is 24.4 Å². The van der Waals surface area contributed by atoms with Crippen molar-refractivity contribution < 1.29 is 14.7 Å². The molecule has 0 aromatic heterocycles. The maximum Gasteiger partial charge on any atom is 0.312 e. The maximum atomic E-state index is 12.2. The van der Waals surface area contributed by atoms with E-state index in [1.807, 2.05) is 0 Å². The molecule has 2 fully saturated rings. The molecule has 2 aliphatic carbocycles. The first-order valence-electron chi connectivity index (χ1n) is 11.2. The average molecular weight is 387 g/mol. The maximum absolute atomic E-state index is 12.2. The van der Waals surface area contributed by atoms with Gasteiger partial charge < -0.3 is 10.0 Å². The largest absolute Gasteiger partial charge is 0.481 e. The number of nitrogens with zero attached hydrogens (tertiary/aromatic N) is 2. The van der Waals surface area contributed by atoms with Crippen molar-refractivity contribution in [2.24, 2.45) is 11.3 Å². The van der Waals surface area contributed by atoms with Crippen LogP contribution in [-0.2, 0) is 9.59 Å². The van der Waals surface area contributed by atoms with E-state index in [1.54, 1.807) is 22.7 Å². The molecular formula is C23H34N2O3. The fourth-order valence-electron chi connectivity index (χ4n) is 5.55. The number of carbonyl (C=O) groups excluding carboxylic acids is 1. The number of unbranched alkanes of at least 4 members (excludes halogenated alkanes) is 2. The van der Waals surface area contributed by atoms with E-state index in [4.69, 9.17) is 5.11 Å². The minimum atomic E-state index is -0.854. The van der Waals surface area contributed by atoms with Gasteiger partial charge in [0.05, 0.1) is 5.92 Å². The number of hydrogen-bond donors (Lipinski definition) is 1. The van der Waals surface area contributed by atoms with Crippen molar-refractivity contribution in [2.75, 3.05) is 19.6 Å². The first-order valence-corrected chi connectivity index (χ1v) is 11.2. The van der Waals surface area contributed by atoms with E-state index < -0.39 is 11.9 Å². The van der Waals surface area contributed by atoms with E-state index in [0.717, 1.165) is 25.8 Å². The van der Waals surface area contributed by atoms with Gasteiger partial charge in [0.15, 0.2) is 0 Å². The molecule has 154 valence electrons. The van der Waals surface area contributed by atoms with E-state index >= 15 is 0 Å². The molecule has 1 amide bonds. The van der Waals surface area contributed by atoms with Gasteiger partial charge in [0.2, 0.25) is 5.91 Å². The number of allylic oxidation sites excluding steroid dienone is 1. The lowest BCUT2D eigenvalue weighted by Gasteiger charge is -2.39. The Morgan fingerprint density at radius 2 is 2.04 bits per heavy atom. The number of carboxylic acid groups (broad SMARTS) is 1. The second-order valence-electron chi connectivity index (χ2n) is 9.35. The molecule has 1 saturated carbocycles. The molecule has 2 aliphatic heterocycles. The minimum absolute atomic E-state index is 0.0564. The second kappa shape index (κ2) is 8.40. The third kappa shape index (κ3) is 4.19. The van der Waals surface area contributed by atoms with Crippen molar-refractivity contribution in [2.45, 2.75) is 76.7 Å². The highest BCUT2D eigenvalue weighted by molar-refractivity contribution is 5.80. The molecule has 0 radical (unpaired) electrons. The van der Waals surface area contributed by atoms with Gasteiger partial charge in [-0.15, -0.1) is 0 Å². The Labute approximate surface area is 168 Å². The van der Waals surface area contributed by atoms with Gasteiger partial charge in [-0.05, 0) is 69.9 Å². The van der Waals surface area contributed by atoms with Crippen LogP contribution in [0.3, 0.4) is 0 Å². The highest BCUT2D eigenvalue weighted by Crippen LogP contribution is 2.54. The molecule has 2 heterocycles. The fourth-order valence-corrected chi connectivity index (χ4v) is 5.55. The summed E-state index contributed by atoms with van der Waals surface area (Å²) in [6, 6.07) is 0.685. The number of carboxylic acids is 1. The van der Waals surface area contributed by atoms with Crippen LogP contribution in [0.2, 0.25) is 0 Å². The Hall–Kier alpha value is -1.62. The van der Waals surface area contributed by atoms with Crippen molar-refractivity contribution in [3.05, 3.63) is 23.9 Å². The summed E-state index contributed by atoms with van der Waals surface area (Å²) in [6.07, 6.45) is 19.1. The van der Waals surface area contributed by atoms with Crippen LogP contribution >= 0.6 is 0 Å². The van der Waals surface area contributed by atoms with E-state index in [9.17, 15) is 9.59 Å². The third-order valence-corrected chi connectivity index (χ3v) is 7.45. The van der Waals surface area contributed by atoms with Crippen molar-refractivity contribution in [1.82, 2.24) is 9.80 Å². The Balaban J connectivity index is 1.13. The third-order valence-electron chi connectivity index (χ3n) is 7.45. The molecule has 2 atom stereocenters. The van der Waals surface area contributed by atoms with Crippen LogP contribution < -0.4 is 0 Å². The highest BCUT2D eigenvalue weighted by atomic mass is 16.4. The SMILES string of the molecule is O=C(O)C1C=CN(C(=O)CCCCCN2CCCC2C2=CCC3(CCC3)C2)C1. The number of carbonyl (C=O) groups is 2. The lowest BCUT2D eigenvalue weighted by Crippen LogP contribution is -2.33. The fraction of sp³-hybridized carbons (Fsp3) is 0.739. The monoisotopic (exact) mass is 386 g/mol. The zero-order valence-corrected chi connectivity index (χ0v) is 16.9. The first kappa shape index (κ1) is 19.7. The molecule has 0 bridgehead atoms. The number of hydrogen-bond acceptors (Lipinski definition) is 3. The summed E-state index contributed by atoms with van der Waals surface area (Å²) in [7, 11) is 0. The van der Waals surface area contributed by atoms with Crippen LogP contribution in [0.15, 0.2) is 23.9 Å². The predicted molar refractivity (Wildman–Crippen MR) is 109 cm³/mol. The Morgan fingerprint density at radius 1 is 1.18 bits per heavy atom. The molecule has 1 spiro atoms. The zero-order chi connectivity index (χ0) is 19.6. The summed E-state index contributed by atoms with van der Waals surface area (Å²) in [5.74, 6) is -1.34. The van der Waals surface area contributed by atoms with Crippen LogP contribution in [0.5, 0.6) is 0 Å². The van der Waals surface area contributed by atoms with Crippen LogP contribution in [-0.4, -0.2) is 52.5 Å². The number of amides is 1. The van der Waals surface area contributed by atoms with Crippen LogP contribution in [0, 0.1) is 11.3 Å². The molecule has 5 nitrogen and oxygen atoms in total. The summed E-state index contributed by atoms with van der Waals surface area (Å²) in [6.45, 7) is 2.66. The number of rotatable bonds is 8. The van der Waals surface area contributed by atoms with Gasteiger partial charge in [-0.1, -0.05) is 30.6 Å². The zero-order valence-electron chi connectivity index (χ0n) is 16.9. The van der Waals surface area contributed by atoms with Crippen molar-refractivity contribution >= 4 is 11.9 Å². The van der Waals surface area contributed by atoms with E-state index in [-0.39, 0.29) is 5.91 Å². The van der Waals surface area contributed by atoms with Gasteiger partial charge in [-0.2, -0.15) is 0 Å². The molecule has 28 heavy (non-hydrogen) atoms. The predicted octanol–water partition coefficient (Wildman–Crippen LogP) is 3.96. The van der Waals surface area contributed by atoms with Crippen molar-refractivity contribution in [1.29, 1.82) is 0 Å². The van der Waals surface area contributed by atoms with Gasteiger partial charge >= 0.3 is 5.97 Å². The first-order chi connectivity index (χ1) is 13.6. The molecule has 4 rings (SSSR count). The van der Waals surface area contributed by atoms with Gasteiger partial charge in [-0.25, -0.2) is 0 Å². The second-order valence-corrected chi connectivity index (χ2v) is 9.35. The topological polar surface area (TPSA) is 60.9 Å². The molecule has 5 heteroatoms. The van der Waals surface area contributed by atoms with Gasteiger partial charge in [0.1, 0.15) is 0 Å².